The van der Waals surface area contributed by atoms with E-state index in [0.29, 0.717) is 19.3 Å². The molecule has 0 amide bonds. The van der Waals surface area contributed by atoms with Crippen molar-refractivity contribution in [2.75, 3.05) is 13.2 Å². The molecule has 6 nitrogen and oxygen atoms in total. The summed E-state index contributed by atoms with van der Waals surface area (Å²) in [6, 6.07) is 0. The van der Waals surface area contributed by atoms with E-state index in [4.69, 9.17) is 14.2 Å². The van der Waals surface area contributed by atoms with Gasteiger partial charge in [-0.1, -0.05) is 359 Å². The minimum Gasteiger partial charge on any atom is -0.462 e. The van der Waals surface area contributed by atoms with Crippen LogP contribution in [0.3, 0.4) is 0 Å². The van der Waals surface area contributed by atoms with Crippen LogP contribution in [-0.4, -0.2) is 37.2 Å². The van der Waals surface area contributed by atoms with E-state index < -0.39 is 6.10 Å². The molecule has 0 fully saturated rings. The number of ether oxygens (including phenoxy) is 3. The van der Waals surface area contributed by atoms with Crippen molar-refractivity contribution in [1.29, 1.82) is 0 Å². The zero-order valence-corrected chi connectivity index (χ0v) is 56.2. The van der Waals surface area contributed by atoms with Crippen LogP contribution in [-0.2, 0) is 28.6 Å². The van der Waals surface area contributed by atoms with Crippen molar-refractivity contribution >= 4 is 17.9 Å². The van der Waals surface area contributed by atoms with Gasteiger partial charge in [-0.3, -0.25) is 14.4 Å². The number of hydrogen-bond acceptors (Lipinski definition) is 6. The number of allylic oxidation sites excluding steroid dienone is 6. The van der Waals surface area contributed by atoms with Crippen LogP contribution in [0.25, 0.3) is 0 Å². The highest BCUT2D eigenvalue weighted by atomic mass is 16.6. The van der Waals surface area contributed by atoms with Crippen molar-refractivity contribution in [1.82, 2.24) is 0 Å². The number of unbranched alkanes of at least 4 members (excludes halogenated alkanes) is 53. The number of rotatable bonds is 70. The lowest BCUT2D eigenvalue weighted by Crippen LogP contribution is -2.30. The Labute approximate surface area is 518 Å². The molecule has 1 unspecified atom stereocenters. The fourth-order valence-electron chi connectivity index (χ4n) is 11.5. The van der Waals surface area contributed by atoms with Gasteiger partial charge in [0.25, 0.3) is 0 Å². The molecule has 1 atom stereocenters. The van der Waals surface area contributed by atoms with E-state index in [1.165, 1.54) is 302 Å². The van der Waals surface area contributed by atoms with Gasteiger partial charge in [0.1, 0.15) is 13.2 Å². The molecule has 0 bridgehead atoms. The summed E-state index contributed by atoms with van der Waals surface area (Å²) in [6.45, 7) is 6.67. The molecule has 0 N–H and O–H groups in total. The van der Waals surface area contributed by atoms with Crippen molar-refractivity contribution in [2.24, 2.45) is 0 Å². The van der Waals surface area contributed by atoms with E-state index in [2.05, 4.69) is 57.2 Å². The van der Waals surface area contributed by atoms with Gasteiger partial charge in [0.05, 0.1) is 0 Å². The monoisotopic (exact) mass is 1170 g/mol. The predicted octanol–water partition coefficient (Wildman–Crippen LogP) is 25.9. The Bertz CT molecular complexity index is 1380. The minimum absolute atomic E-state index is 0.0740. The molecule has 488 valence electrons. The van der Waals surface area contributed by atoms with E-state index in [1.54, 1.807) is 0 Å². The maximum absolute atomic E-state index is 12.9. The van der Waals surface area contributed by atoms with Crippen molar-refractivity contribution in [3.63, 3.8) is 0 Å². The molecule has 0 aliphatic rings. The first kappa shape index (κ1) is 80.6. The average Bonchev–Trinajstić information content (AvgIpc) is 3.49. The molecule has 6 heteroatoms. The number of carbonyl (C=O) groups is 3. The predicted molar refractivity (Wildman–Crippen MR) is 362 cm³/mol. The summed E-state index contributed by atoms with van der Waals surface area (Å²) in [6.07, 6.45) is 90.6. The Balaban J connectivity index is 4.13. The van der Waals surface area contributed by atoms with Crippen LogP contribution >= 0.6 is 0 Å². The molecule has 0 aromatic rings. The topological polar surface area (TPSA) is 78.9 Å². The van der Waals surface area contributed by atoms with Gasteiger partial charge in [-0.15, -0.1) is 0 Å². The van der Waals surface area contributed by atoms with Gasteiger partial charge < -0.3 is 14.2 Å². The highest BCUT2D eigenvalue weighted by Gasteiger charge is 2.20. The molecule has 83 heavy (non-hydrogen) atoms. The van der Waals surface area contributed by atoms with E-state index in [1.807, 2.05) is 0 Å². The Hall–Kier alpha value is -2.37. The molecule has 0 heterocycles. The second-order valence-electron chi connectivity index (χ2n) is 25.6. The van der Waals surface area contributed by atoms with E-state index in [0.717, 1.165) is 77.0 Å². The third kappa shape index (κ3) is 70.3. The summed E-state index contributed by atoms with van der Waals surface area (Å²) >= 11 is 0. The maximum Gasteiger partial charge on any atom is 0.306 e. The lowest BCUT2D eigenvalue weighted by molar-refractivity contribution is -0.167. The summed E-state index contributed by atoms with van der Waals surface area (Å²) in [5.41, 5.74) is 0. The Morgan fingerprint density at radius 3 is 0.699 bits per heavy atom. The van der Waals surface area contributed by atoms with Gasteiger partial charge in [0, 0.05) is 19.3 Å². The Morgan fingerprint density at radius 2 is 0.434 bits per heavy atom. The number of hydrogen-bond donors (Lipinski definition) is 0. The largest absolute Gasteiger partial charge is 0.462 e. The van der Waals surface area contributed by atoms with Gasteiger partial charge in [0.15, 0.2) is 6.10 Å². The van der Waals surface area contributed by atoms with Crippen LogP contribution in [0.1, 0.15) is 419 Å². The summed E-state index contributed by atoms with van der Waals surface area (Å²) in [4.78, 5) is 38.4. The summed E-state index contributed by atoms with van der Waals surface area (Å²) in [7, 11) is 0. The minimum atomic E-state index is -0.780. The number of carbonyl (C=O) groups excluding carboxylic acids is 3. The van der Waals surface area contributed by atoms with Crippen LogP contribution in [0, 0.1) is 0 Å². The summed E-state index contributed by atoms with van der Waals surface area (Å²) in [5.74, 6) is -0.865. The van der Waals surface area contributed by atoms with Gasteiger partial charge in [-0.25, -0.2) is 0 Å². The second-order valence-corrected chi connectivity index (χ2v) is 25.6. The van der Waals surface area contributed by atoms with Crippen molar-refractivity contribution in [2.45, 2.75) is 425 Å². The third-order valence-corrected chi connectivity index (χ3v) is 17.1. The smallest absolute Gasteiger partial charge is 0.306 e. The normalized spacial score (nSPS) is 12.2. The van der Waals surface area contributed by atoms with Crippen LogP contribution in [0.4, 0.5) is 0 Å². The van der Waals surface area contributed by atoms with E-state index >= 15 is 0 Å². The fourth-order valence-corrected chi connectivity index (χ4v) is 11.5. The molecule has 0 spiro atoms. The van der Waals surface area contributed by atoms with Crippen molar-refractivity contribution in [3.05, 3.63) is 36.5 Å². The van der Waals surface area contributed by atoms with Crippen molar-refractivity contribution < 1.29 is 28.6 Å². The molecular formula is C77H144O6. The summed E-state index contributed by atoms with van der Waals surface area (Å²) in [5, 5.41) is 0. The van der Waals surface area contributed by atoms with Crippen LogP contribution in [0.5, 0.6) is 0 Å². The molecule has 0 aliphatic heterocycles. The molecule has 0 radical (unpaired) electrons. The van der Waals surface area contributed by atoms with Gasteiger partial charge >= 0.3 is 17.9 Å². The van der Waals surface area contributed by atoms with Crippen LogP contribution in [0.15, 0.2) is 36.5 Å². The van der Waals surface area contributed by atoms with Crippen LogP contribution in [0.2, 0.25) is 0 Å². The molecular weight excluding hydrogens is 1020 g/mol. The zero-order chi connectivity index (χ0) is 59.9. The first-order valence-corrected chi connectivity index (χ1v) is 37.5. The SMILES string of the molecule is CCCCC/C=C\C/C=C\CCCCCCCC(=O)OCC(COC(=O)CCCCCCCCCCCCCCCCCCCCCCCCCCCCCCCCCCC)OC(=O)CCCCCCCCC/C=C\CCCCCCCC. The maximum atomic E-state index is 12.9. The Morgan fingerprint density at radius 1 is 0.241 bits per heavy atom. The highest BCUT2D eigenvalue weighted by molar-refractivity contribution is 5.71. The third-order valence-electron chi connectivity index (χ3n) is 17.1. The molecule has 0 rings (SSSR count). The van der Waals surface area contributed by atoms with Gasteiger partial charge in [0.2, 0.25) is 0 Å². The molecule has 0 aliphatic carbocycles. The fraction of sp³-hybridized carbons (Fsp3) is 0.883. The zero-order valence-electron chi connectivity index (χ0n) is 56.2. The molecule has 0 saturated heterocycles. The Kier molecular flexibility index (Phi) is 70.0. The second kappa shape index (κ2) is 72.1. The quantitative estimate of drug-likeness (QED) is 0.0261. The first-order chi connectivity index (χ1) is 41.0. The average molecular weight is 1170 g/mol. The number of esters is 3. The standard InChI is InChI=1S/C77H144O6/c1-4-7-10-13-16-19-22-25-28-30-31-32-33-34-35-36-37-38-39-40-41-42-43-44-45-47-49-52-55-58-61-64-67-70-76(79)82-73-74(72-81-75(78)69-66-63-60-57-54-51-48-27-24-21-18-15-12-9-6-3)83-77(80)71-68-65-62-59-56-53-50-46-29-26-23-20-17-14-11-8-5-2/h18,21,26-27,29,48,74H,4-17,19-20,22-25,28,30-47,49-73H2,1-3H3/b21-18-,29-26-,48-27-. The van der Waals surface area contributed by atoms with Gasteiger partial charge in [-0.2, -0.15) is 0 Å². The molecule has 0 aromatic heterocycles. The van der Waals surface area contributed by atoms with Gasteiger partial charge in [-0.05, 0) is 77.0 Å². The lowest BCUT2D eigenvalue weighted by Gasteiger charge is -2.18. The highest BCUT2D eigenvalue weighted by Crippen LogP contribution is 2.19. The lowest BCUT2D eigenvalue weighted by atomic mass is 10.0. The van der Waals surface area contributed by atoms with Crippen molar-refractivity contribution in [3.8, 4) is 0 Å². The molecule has 0 aromatic carbocycles. The summed E-state index contributed by atoms with van der Waals surface area (Å²) < 4.78 is 17.0. The van der Waals surface area contributed by atoms with E-state index in [9.17, 15) is 14.4 Å². The molecule has 0 saturated carbocycles. The van der Waals surface area contributed by atoms with E-state index in [-0.39, 0.29) is 31.1 Å². The first-order valence-electron chi connectivity index (χ1n) is 37.5. The van der Waals surface area contributed by atoms with Crippen LogP contribution < -0.4 is 0 Å².